The number of amides is 3. The maximum Gasteiger partial charge on any atom is 0.251 e. The Morgan fingerprint density at radius 1 is 1.08 bits per heavy atom. The fourth-order valence-electron chi connectivity index (χ4n) is 4.70. The molecule has 0 unspecified atom stereocenters. The van der Waals surface area contributed by atoms with Gasteiger partial charge in [-0.15, -0.1) is 11.3 Å². The Labute approximate surface area is 233 Å². The van der Waals surface area contributed by atoms with Gasteiger partial charge < -0.3 is 20.6 Å². The average molecular weight is 549 g/mol. The minimum Gasteiger partial charge on any atom is -0.391 e. The van der Waals surface area contributed by atoms with Crippen molar-refractivity contribution >= 4 is 29.1 Å². The highest BCUT2D eigenvalue weighted by Gasteiger charge is 2.44. The Bertz CT molecular complexity index is 1330. The van der Waals surface area contributed by atoms with Gasteiger partial charge >= 0.3 is 0 Å². The highest BCUT2D eigenvalue weighted by molar-refractivity contribution is 7.13. The molecule has 3 aromatic rings. The minimum atomic E-state index is -0.880. The van der Waals surface area contributed by atoms with Gasteiger partial charge in [-0.1, -0.05) is 62.7 Å². The van der Waals surface area contributed by atoms with Crippen LogP contribution in [0.5, 0.6) is 0 Å². The van der Waals surface area contributed by atoms with Gasteiger partial charge in [0.2, 0.25) is 11.8 Å². The van der Waals surface area contributed by atoms with Crippen molar-refractivity contribution < 1.29 is 19.5 Å². The Balaban J connectivity index is 1.44. The molecule has 3 atom stereocenters. The van der Waals surface area contributed by atoms with Gasteiger partial charge in [0.05, 0.1) is 22.2 Å². The third kappa shape index (κ3) is 6.72. The molecule has 2 heterocycles. The Morgan fingerprint density at radius 2 is 1.74 bits per heavy atom. The lowest BCUT2D eigenvalue weighted by Crippen LogP contribution is -2.57. The summed E-state index contributed by atoms with van der Waals surface area (Å²) in [6.07, 6.45) is -0.677. The van der Waals surface area contributed by atoms with Crippen LogP contribution in [-0.4, -0.2) is 57.4 Å². The van der Waals surface area contributed by atoms with Crippen LogP contribution in [0.4, 0.5) is 0 Å². The van der Waals surface area contributed by atoms with E-state index in [2.05, 4.69) is 15.6 Å². The van der Waals surface area contributed by atoms with Crippen LogP contribution in [-0.2, 0) is 16.1 Å². The molecule has 0 bridgehead atoms. The zero-order valence-corrected chi connectivity index (χ0v) is 23.8. The fraction of sp³-hybridized carbons (Fsp3) is 0.400. The molecule has 3 amide bonds. The summed E-state index contributed by atoms with van der Waals surface area (Å²) in [6.45, 7) is 9.83. The SMILES string of the molecule is Cc1ccc(C(=O)N[C@H](C(=O)N2C[C@@H](O)C[C@H]2C(=O)NCc2ccc(-c3scnc3C)cc2)C(C)(C)C)cc1. The molecule has 0 radical (unpaired) electrons. The number of carbonyl (C=O) groups is 3. The molecule has 9 heteroatoms. The van der Waals surface area contributed by atoms with Crippen molar-refractivity contribution in [2.45, 2.75) is 65.8 Å². The van der Waals surface area contributed by atoms with Gasteiger partial charge in [0.1, 0.15) is 12.1 Å². The van der Waals surface area contributed by atoms with Crippen LogP contribution in [0.25, 0.3) is 10.4 Å². The summed E-state index contributed by atoms with van der Waals surface area (Å²) in [5.41, 5.74) is 5.65. The zero-order chi connectivity index (χ0) is 28.3. The van der Waals surface area contributed by atoms with E-state index in [1.807, 2.05) is 76.5 Å². The number of nitrogens with zero attached hydrogens (tertiary/aromatic N) is 2. The first-order chi connectivity index (χ1) is 18.4. The third-order valence-corrected chi connectivity index (χ3v) is 7.97. The number of aromatic nitrogens is 1. The summed E-state index contributed by atoms with van der Waals surface area (Å²) in [7, 11) is 0. The monoisotopic (exact) mass is 548 g/mol. The predicted octanol–water partition coefficient (Wildman–Crippen LogP) is 3.85. The van der Waals surface area contributed by atoms with Crippen LogP contribution < -0.4 is 10.6 Å². The second-order valence-corrected chi connectivity index (χ2v) is 12.1. The molecular formula is C30H36N4O4S. The molecule has 39 heavy (non-hydrogen) atoms. The number of aliphatic hydroxyl groups excluding tert-OH is 1. The molecule has 8 nitrogen and oxygen atoms in total. The van der Waals surface area contributed by atoms with E-state index in [0.29, 0.717) is 12.1 Å². The highest BCUT2D eigenvalue weighted by atomic mass is 32.1. The molecule has 3 N–H and O–H groups in total. The first-order valence-electron chi connectivity index (χ1n) is 13.1. The zero-order valence-electron chi connectivity index (χ0n) is 23.0. The van der Waals surface area contributed by atoms with E-state index in [1.54, 1.807) is 23.5 Å². The van der Waals surface area contributed by atoms with Crippen molar-refractivity contribution in [2.75, 3.05) is 6.54 Å². The Hall–Kier alpha value is -3.56. The minimum absolute atomic E-state index is 0.0345. The maximum atomic E-state index is 13.7. The molecule has 4 rings (SSSR count). The van der Waals surface area contributed by atoms with Gasteiger partial charge in [0.25, 0.3) is 5.91 Å². The number of likely N-dealkylation sites (tertiary alicyclic amines) is 1. The van der Waals surface area contributed by atoms with Crippen molar-refractivity contribution in [1.29, 1.82) is 0 Å². The number of aliphatic hydroxyl groups is 1. The smallest absolute Gasteiger partial charge is 0.251 e. The summed E-state index contributed by atoms with van der Waals surface area (Å²) < 4.78 is 0. The van der Waals surface area contributed by atoms with E-state index in [1.165, 1.54) is 4.90 Å². The maximum absolute atomic E-state index is 13.7. The molecule has 206 valence electrons. The molecule has 1 aromatic heterocycles. The van der Waals surface area contributed by atoms with E-state index in [0.717, 1.165) is 27.3 Å². The Morgan fingerprint density at radius 3 is 2.33 bits per heavy atom. The summed E-state index contributed by atoms with van der Waals surface area (Å²) in [4.78, 5) is 46.7. The van der Waals surface area contributed by atoms with Gasteiger partial charge in [-0.05, 0) is 42.5 Å². The lowest BCUT2D eigenvalue weighted by atomic mass is 9.85. The molecule has 2 aromatic carbocycles. The highest BCUT2D eigenvalue weighted by Crippen LogP contribution is 2.28. The van der Waals surface area contributed by atoms with E-state index in [4.69, 9.17) is 0 Å². The van der Waals surface area contributed by atoms with Gasteiger partial charge in [0.15, 0.2) is 0 Å². The molecule has 0 aliphatic carbocycles. The number of hydrogen-bond donors (Lipinski definition) is 3. The number of thiazole rings is 1. The van der Waals surface area contributed by atoms with E-state index < -0.39 is 23.6 Å². The average Bonchev–Trinajstić information content (AvgIpc) is 3.50. The van der Waals surface area contributed by atoms with Gasteiger partial charge in [-0.3, -0.25) is 14.4 Å². The topological polar surface area (TPSA) is 112 Å². The summed E-state index contributed by atoms with van der Waals surface area (Å²) in [6, 6.07) is 13.3. The number of rotatable bonds is 7. The molecule has 1 fully saturated rings. The number of aryl methyl sites for hydroxylation is 2. The first kappa shape index (κ1) is 28.4. The van der Waals surface area contributed by atoms with Crippen molar-refractivity contribution in [2.24, 2.45) is 5.41 Å². The summed E-state index contributed by atoms with van der Waals surface area (Å²) in [5.74, 6) is -1.08. The van der Waals surface area contributed by atoms with Crippen LogP contribution in [0.1, 0.15) is 54.4 Å². The van der Waals surface area contributed by atoms with Gasteiger partial charge in [-0.25, -0.2) is 4.98 Å². The van der Waals surface area contributed by atoms with E-state index in [-0.39, 0.29) is 30.7 Å². The molecule has 0 saturated carbocycles. The summed E-state index contributed by atoms with van der Waals surface area (Å²) in [5, 5.41) is 16.2. The molecule has 0 spiro atoms. The fourth-order valence-corrected chi connectivity index (χ4v) is 5.51. The molecule has 1 aliphatic rings. The van der Waals surface area contributed by atoms with E-state index in [9.17, 15) is 19.5 Å². The van der Waals surface area contributed by atoms with E-state index >= 15 is 0 Å². The largest absolute Gasteiger partial charge is 0.391 e. The first-order valence-corrected chi connectivity index (χ1v) is 13.9. The second kappa shape index (κ2) is 11.7. The molecule has 1 aliphatic heterocycles. The normalized spacial score (nSPS) is 18.1. The summed E-state index contributed by atoms with van der Waals surface area (Å²) >= 11 is 1.59. The van der Waals surface area contributed by atoms with Gasteiger partial charge in [0, 0.05) is 25.1 Å². The molecular weight excluding hydrogens is 512 g/mol. The number of β-amino-alcohol motifs (C(OH)–C–C–N with tert-alkyl or cyclic N) is 1. The lowest BCUT2D eigenvalue weighted by molar-refractivity contribution is -0.142. The van der Waals surface area contributed by atoms with Crippen LogP contribution in [0.2, 0.25) is 0 Å². The quantitative estimate of drug-likeness (QED) is 0.415. The van der Waals surface area contributed by atoms with Crippen molar-refractivity contribution in [1.82, 2.24) is 20.5 Å². The number of nitrogens with one attached hydrogen (secondary N) is 2. The van der Waals surface area contributed by atoms with Crippen molar-refractivity contribution in [3.05, 3.63) is 76.4 Å². The number of benzene rings is 2. The molecule has 1 saturated heterocycles. The lowest BCUT2D eigenvalue weighted by Gasteiger charge is -2.35. The van der Waals surface area contributed by atoms with Crippen LogP contribution >= 0.6 is 11.3 Å². The predicted molar refractivity (Wildman–Crippen MR) is 152 cm³/mol. The van der Waals surface area contributed by atoms with Gasteiger partial charge in [-0.2, -0.15) is 0 Å². The number of hydrogen-bond acceptors (Lipinski definition) is 6. The van der Waals surface area contributed by atoms with Crippen LogP contribution in [0, 0.1) is 19.3 Å². The third-order valence-electron chi connectivity index (χ3n) is 7.00. The standard InChI is InChI=1S/C30H36N4O4S/c1-18-6-10-22(11-7-18)27(36)33-26(30(3,4)5)29(38)34-16-23(35)14-24(34)28(37)31-15-20-8-12-21(13-9-20)25-19(2)32-17-39-25/h6-13,17,23-24,26,35H,14-16H2,1-5H3,(H,31,37)(H,33,36)/t23-,24-,26+/m0/s1. The van der Waals surface area contributed by atoms with Crippen LogP contribution in [0.15, 0.2) is 54.0 Å². The van der Waals surface area contributed by atoms with Crippen molar-refractivity contribution in [3.63, 3.8) is 0 Å². The Kier molecular flexibility index (Phi) is 8.51. The number of carbonyl (C=O) groups excluding carboxylic acids is 3. The second-order valence-electron chi connectivity index (χ2n) is 11.2. The van der Waals surface area contributed by atoms with Crippen LogP contribution in [0.3, 0.4) is 0 Å². The van der Waals surface area contributed by atoms with Crippen molar-refractivity contribution in [3.8, 4) is 10.4 Å².